The predicted molar refractivity (Wildman–Crippen MR) is 91.7 cm³/mol. The molecule has 4 rings (SSSR count). The topological polar surface area (TPSA) is 57.8 Å². The van der Waals surface area contributed by atoms with E-state index < -0.39 is 0 Å². The van der Waals surface area contributed by atoms with E-state index in [0.29, 0.717) is 17.2 Å². The molecular formula is C19H19N3O. The Labute approximate surface area is 134 Å². The Balaban J connectivity index is 1.74. The van der Waals surface area contributed by atoms with Crippen LogP contribution < -0.4 is 5.32 Å². The first-order valence-electron chi connectivity index (χ1n) is 8.06. The first kappa shape index (κ1) is 14.0. The summed E-state index contributed by atoms with van der Waals surface area (Å²) in [6.45, 7) is 2.29. The Kier molecular flexibility index (Phi) is 3.37. The summed E-state index contributed by atoms with van der Waals surface area (Å²) in [6.07, 6.45) is 6.70. The third-order valence-corrected chi connectivity index (χ3v) is 4.63. The summed E-state index contributed by atoms with van der Waals surface area (Å²) in [5, 5.41) is 4.10. The second kappa shape index (κ2) is 5.54. The number of anilines is 1. The molecule has 0 saturated carbocycles. The fraction of sp³-hybridized carbons (Fsp3) is 0.263. The van der Waals surface area contributed by atoms with Crippen molar-refractivity contribution >= 4 is 22.5 Å². The lowest BCUT2D eigenvalue weighted by Crippen LogP contribution is -2.12. The minimum Gasteiger partial charge on any atom is -0.358 e. The number of nitrogens with zero attached hydrogens (tertiary/aromatic N) is 1. The lowest BCUT2D eigenvalue weighted by atomic mass is 9.87. The molecule has 0 bridgehead atoms. The average molecular weight is 305 g/mol. The fourth-order valence-corrected chi connectivity index (χ4v) is 3.44. The number of aromatic nitrogens is 2. The van der Waals surface area contributed by atoms with Gasteiger partial charge in [-0.15, -0.1) is 0 Å². The van der Waals surface area contributed by atoms with E-state index in [0.717, 1.165) is 18.4 Å². The molecule has 1 aliphatic carbocycles. The zero-order valence-electron chi connectivity index (χ0n) is 13.1. The molecule has 3 aromatic rings. The van der Waals surface area contributed by atoms with E-state index in [1.165, 1.54) is 23.1 Å². The number of aryl methyl sites for hydroxylation is 1. The fourth-order valence-electron chi connectivity index (χ4n) is 3.44. The summed E-state index contributed by atoms with van der Waals surface area (Å²) < 4.78 is 0. The number of aromatic amines is 1. The van der Waals surface area contributed by atoms with E-state index in [1.807, 2.05) is 24.3 Å². The third-order valence-electron chi connectivity index (χ3n) is 4.63. The molecule has 2 N–H and O–H groups in total. The van der Waals surface area contributed by atoms with Crippen LogP contribution in [-0.4, -0.2) is 15.9 Å². The van der Waals surface area contributed by atoms with Gasteiger partial charge in [-0.2, -0.15) is 0 Å². The van der Waals surface area contributed by atoms with Crippen molar-refractivity contribution in [3.05, 3.63) is 59.5 Å². The maximum absolute atomic E-state index is 12.6. The van der Waals surface area contributed by atoms with Crippen LogP contribution in [0.25, 0.3) is 10.9 Å². The molecule has 4 nitrogen and oxygen atoms in total. The molecule has 2 aromatic heterocycles. The van der Waals surface area contributed by atoms with Gasteiger partial charge in [0.25, 0.3) is 5.91 Å². The highest BCUT2D eigenvalue weighted by atomic mass is 16.1. The first-order valence-corrected chi connectivity index (χ1v) is 8.06. The SMILES string of the molecule is CC1CCc2[nH]c3c(C(=O)Nc4cccnc4)cccc3c2C1. The number of carbonyl (C=O) groups is 1. The van der Waals surface area contributed by atoms with E-state index in [4.69, 9.17) is 0 Å². The van der Waals surface area contributed by atoms with Crippen LogP contribution in [0, 0.1) is 5.92 Å². The van der Waals surface area contributed by atoms with Crippen LogP contribution in [0.2, 0.25) is 0 Å². The van der Waals surface area contributed by atoms with Crippen molar-refractivity contribution in [3.63, 3.8) is 0 Å². The number of amides is 1. The highest BCUT2D eigenvalue weighted by molar-refractivity contribution is 6.12. The van der Waals surface area contributed by atoms with E-state index in [1.54, 1.807) is 12.4 Å². The summed E-state index contributed by atoms with van der Waals surface area (Å²) in [5.74, 6) is 0.602. The molecule has 23 heavy (non-hydrogen) atoms. The van der Waals surface area contributed by atoms with Crippen molar-refractivity contribution < 1.29 is 4.79 Å². The van der Waals surface area contributed by atoms with Gasteiger partial charge in [0.05, 0.1) is 23.0 Å². The van der Waals surface area contributed by atoms with E-state index in [-0.39, 0.29) is 5.91 Å². The first-order chi connectivity index (χ1) is 11.2. The van der Waals surface area contributed by atoms with Crippen molar-refractivity contribution in [3.8, 4) is 0 Å². The molecule has 1 amide bonds. The number of para-hydroxylation sites is 1. The van der Waals surface area contributed by atoms with Gasteiger partial charge in [-0.05, 0) is 48.9 Å². The Bertz CT molecular complexity index is 867. The molecule has 2 heterocycles. The highest BCUT2D eigenvalue weighted by Crippen LogP contribution is 2.33. The summed E-state index contributed by atoms with van der Waals surface area (Å²) in [7, 11) is 0. The molecule has 1 unspecified atom stereocenters. The van der Waals surface area contributed by atoms with Gasteiger partial charge in [0.1, 0.15) is 0 Å². The van der Waals surface area contributed by atoms with Crippen molar-refractivity contribution in [1.29, 1.82) is 0 Å². The number of fused-ring (bicyclic) bond motifs is 3. The van der Waals surface area contributed by atoms with Gasteiger partial charge in [0.2, 0.25) is 0 Å². The van der Waals surface area contributed by atoms with E-state index >= 15 is 0 Å². The quantitative estimate of drug-likeness (QED) is 0.753. The standard InChI is InChI=1S/C19H19N3O/c1-12-7-8-17-16(10-12)14-5-2-6-15(18(14)22-17)19(23)21-13-4-3-9-20-11-13/h2-6,9,11-12,22H,7-8,10H2,1H3,(H,21,23). The number of hydrogen-bond donors (Lipinski definition) is 2. The normalized spacial score (nSPS) is 17.0. The Morgan fingerprint density at radius 3 is 3.04 bits per heavy atom. The van der Waals surface area contributed by atoms with Crippen LogP contribution in [-0.2, 0) is 12.8 Å². The van der Waals surface area contributed by atoms with Gasteiger partial charge in [0.15, 0.2) is 0 Å². The number of rotatable bonds is 2. The predicted octanol–water partition coefficient (Wildman–Crippen LogP) is 3.94. The van der Waals surface area contributed by atoms with E-state index in [2.05, 4.69) is 28.3 Å². The molecule has 1 aromatic carbocycles. The summed E-state index contributed by atoms with van der Waals surface area (Å²) >= 11 is 0. The van der Waals surface area contributed by atoms with Gasteiger partial charge < -0.3 is 10.3 Å². The minimum absolute atomic E-state index is 0.102. The molecular weight excluding hydrogens is 286 g/mol. The molecule has 0 aliphatic heterocycles. The van der Waals surface area contributed by atoms with Gasteiger partial charge in [-0.3, -0.25) is 9.78 Å². The number of carbonyl (C=O) groups excluding carboxylic acids is 1. The number of pyridine rings is 1. The van der Waals surface area contributed by atoms with Crippen LogP contribution in [0.15, 0.2) is 42.7 Å². The molecule has 116 valence electrons. The number of nitrogens with one attached hydrogen (secondary N) is 2. The molecule has 0 saturated heterocycles. The van der Waals surface area contributed by atoms with Crippen LogP contribution in [0.3, 0.4) is 0 Å². The average Bonchev–Trinajstić information content (AvgIpc) is 2.93. The molecule has 0 radical (unpaired) electrons. The number of hydrogen-bond acceptors (Lipinski definition) is 2. The minimum atomic E-state index is -0.102. The maximum Gasteiger partial charge on any atom is 0.257 e. The second-order valence-electron chi connectivity index (χ2n) is 6.35. The van der Waals surface area contributed by atoms with Crippen LogP contribution >= 0.6 is 0 Å². The summed E-state index contributed by atoms with van der Waals surface area (Å²) in [6, 6.07) is 9.61. The van der Waals surface area contributed by atoms with Crippen molar-refractivity contribution in [2.24, 2.45) is 5.92 Å². The third kappa shape index (κ3) is 2.50. The van der Waals surface area contributed by atoms with Gasteiger partial charge in [0, 0.05) is 17.3 Å². The number of benzene rings is 1. The van der Waals surface area contributed by atoms with Gasteiger partial charge in [-0.25, -0.2) is 0 Å². The molecule has 1 aliphatic rings. The Morgan fingerprint density at radius 1 is 1.30 bits per heavy atom. The Morgan fingerprint density at radius 2 is 2.22 bits per heavy atom. The van der Waals surface area contributed by atoms with Crippen LogP contribution in [0.4, 0.5) is 5.69 Å². The number of H-pyrrole nitrogens is 1. The zero-order valence-corrected chi connectivity index (χ0v) is 13.1. The van der Waals surface area contributed by atoms with E-state index in [9.17, 15) is 4.79 Å². The largest absolute Gasteiger partial charge is 0.358 e. The monoisotopic (exact) mass is 305 g/mol. The van der Waals surface area contributed by atoms with Crippen molar-refractivity contribution in [2.45, 2.75) is 26.2 Å². The molecule has 0 spiro atoms. The smallest absolute Gasteiger partial charge is 0.257 e. The summed E-state index contributed by atoms with van der Waals surface area (Å²) in [4.78, 5) is 20.2. The second-order valence-corrected chi connectivity index (χ2v) is 6.35. The van der Waals surface area contributed by atoms with Gasteiger partial charge >= 0.3 is 0 Å². The molecule has 4 heteroatoms. The van der Waals surface area contributed by atoms with Crippen LogP contribution in [0.1, 0.15) is 35.0 Å². The maximum atomic E-state index is 12.6. The Hall–Kier alpha value is -2.62. The molecule has 0 fully saturated rings. The summed E-state index contributed by atoms with van der Waals surface area (Å²) in [5.41, 5.74) is 5.02. The lowest BCUT2D eigenvalue weighted by Gasteiger charge is -2.17. The lowest BCUT2D eigenvalue weighted by molar-refractivity contribution is 0.102. The van der Waals surface area contributed by atoms with Crippen molar-refractivity contribution in [1.82, 2.24) is 9.97 Å². The van der Waals surface area contributed by atoms with Crippen molar-refractivity contribution in [2.75, 3.05) is 5.32 Å². The highest BCUT2D eigenvalue weighted by Gasteiger charge is 2.22. The van der Waals surface area contributed by atoms with Crippen LogP contribution in [0.5, 0.6) is 0 Å². The zero-order chi connectivity index (χ0) is 15.8. The molecule has 1 atom stereocenters. The van der Waals surface area contributed by atoms with Gasteiger partial charge in [-0.1, -0.05) is 19.1 Å².